The van der Waals surface area contributed by atoms with Crippen LogP contribution in [0, 0.1) is 0 Å². The maximum absolute atomic E-state index is 12.4. The maximum Gasteiger partial charge on any atom is 0.387 e. The zero-order valence-electron chi connectivity index (χ0n) is 12.0. The minimum atomic E-state index is -2.92. The molecule has 2 rings (SSSR count). The van der Waals surface area contributed by atoms with E-state index in [9.17, 15) is 18.7 Å². The number of ether oxygens (including phenoxy) is 1. The second-order valence-corrected chi connectivity index (χ2v) is 5.00. The molecule has 3 N–H and O–H groups in total. The fourth-order valence-corrected chi connectivity index (χ4v) is 2.35. The third-order valence-corrected chi connectivity index (χ3v) is 3.38. The summed E-state index contributed by atoms with van der Waals surface area (Å²) in [5.74, 6) is -0.231. The highest BCUT2D eigenvalue weighted by Crippen LogP contribution is 2.26. The molecule has 0 saturated carbocycles. The first kappa shape index (κ1) is 18.6. The highest BCUT2D eigenvalue weighted by Gasteiger charge is 2.29. The summed E-state index contributed by atoms with van der Waals surface area (Å²) >= 11 is 0. The number of carbonyl (C=O) groups is 1. The average Bonchev–Trinajstić information content (AvgIpc) is 2.85. The number of halogens is 3. The Kier molecular flexibility index (Phi) is 6.99. The van der Waals surface area contributed by atoms with Gasteiger partial charge in [0.15, 0.2) is 0 Å². The van der Waals surface area contributed by atoms with Gasteiger partial charge in [0, 0.05) is 12.1 Å². The van der Waals surface area contributed by atoms with E-state index >= 15 is 0 Å². The topological polar surface area (TPSA) is 70.6 Å². The van der Waals surface area contributed by atoms with Gasteiger partial charge in [-0.1, -0.05) is 18.2 Å². The van der Waals surface area contributed by atoms with Crippen molar-refractivity contribution < 1.29 is 23.4 Å². The van der Waals surface area contributed by atoms with Crippen LogP contribution in [0.3, 0.4) is 0 Å². The molecule has 0 aliphatic carbocycles. The zero-order valence-corrected chi connectivity index (χ0v) is 12.8. The Morgan fingerprint density at radius 2 is 2.14 bits per heavy atom. The second-order valence-electron chi connectivity index (χ2n) is 5.00. The fourth-order valence-electron chi connectivity index (χ4n) is 2.35. The van der Waals surface area contributed by atoms with Crippen molar-refractivity contribution in [1.82, 2.24) is 10.6 Å². The molecule has 1 fully saturated rings. The summed E-state index contributed by atoms with van der Waals surface area (Å²) in [7, 11) is 0. The van der Waals surface area contributed by atoms with Crippen molar-refractivity contribution in [3.05, 3.63) is 29.8 Å². The van der Waals surface area contributed by atoms with E-state index < -0.39 is 24.8 Å². The summed E-state index contributed by atoms with van der Waals surface area (Å²) in [6, 6.07) is 5.39. The number of hydrogen-bond donors (Lipinski definition) is 3. The highest BCUT2D eigenvalue weighted by atomic mass is 35.5. The zero-order chi connectivity index (χ0) is 15.4. The number of aliphatic hydroxyl groups is 1. The molecule has 3 unspecified atom stereocenters. The monoisotopic (exact) mass is 336 g/mol. The minimum absolute atomic E-state index is 0. The lowest BCUT2D eigenvalue weighted by Crippen LogP contribution is -2.41. The summed E-state index contributed by atoms with van der Waals surface area (Å²) in [4.78, 5) is 12.0. The Morgan fingerprint density at radius 1 is 1.45 bits per heavy atom. The first-order chi connectivity index (χ1) is 9.97. The standard InChI is InChI=1S/C14H18F2N2O3.ClH/c1-8(18-13(20)11-6-9(19)7-17-11)10-4-2-3-5-12(10)21-14(15)16;/h2-5,8-9,11,14,17,19H,6-7H2,1H3,(H,18,20);1H. The lowest BCUT2D eigenvalue weighted by atomic mass is 10.1. The number of para-hydroxylation sites is 1. The first-order valence-electron chi connectivity index (χ1n) is 6.73. The van der Waals surface area contributed by atoms with E-state index in [-0.39, 0.29) is 24.1 Å². The third kappa shape index (κ3) is 4.79. The molecule has 1 aromatic carbocycles. The Hall–Kier alpha value is -1.44. The molecule has 0 spiro atoms. The second kappa shape index (κ2) is 8.26. The smallest absolute Gasteiger partial charge is 0.387 e. The minimum Gasteiger partial charge on any atom is -0.434 e. The molecular formula is C14H19ClF2N2O3. The number of nitrogens with one attached hydrogen (secondary N) is 2. The van der Waals surface area contributed by atoms with Crippen molar-refractivity contribution in [2.75, 3.05) is 6.54 Å². The number of hydrogen-bond acceptors (Lipinski definition) is 4. The molecule has 1 heterocycles. The highest BCUT2D eigenvalue weighted by molar-refractivity contribution is 5.85. The molecule has 5 nitrogen and oxygen atoms in total. The van der Waals surface area contributed by atoms with Crippen LogP contribution in [0.25, 0.3) is 0 Å². The Morgan fingerprint density at radius 3 is 2.73 bits per heavy atom. The molecular weight excluding hydrogens is 318 g/mol. The predicted octanol–water partition coefficient (Wildman–Crippen LogP) is 1.61. The van der Waals surface area contributed by atoms with Gasteiger partial charge in [0.25, 0.3) is 0 Å². The molecule has 0 radical (unpaired) electrons. The predicted molar refractivity (Wildman–Crippen MR) is 79.3 cm³/mol. The SMILES string of the molecule is CC(NC(=O)C1CC(O)CN1)c1ccccc1OC(F)F.Cl. The van der Waals surface area contributed by atoms with Gasteiger partial charge in [-0.25, -0.2) is 0 Å². The largest absolute Gasteiger partial charge is 0.434 e. The first-order valence-corrected chi connectivity index (χ1v) is 6.73. The summed E-state index contributed by atoms with van der Waals surface area (Å²) in [5.41, 5.74) is 0.477. The molecule has 124 valence electrons. The Bertz CT molecular complexity index is 505. The van der Waals surface area contributed by atoms with E-state index in [1.807, 2.05) is 0 Å². The van der Waals surface area contributed by atoms with Gasteiger partial charge in [0.05, 0.1) is 18.2 Å². The molecule has 3 atom stereocenters. The Labute approximate surface area is 133 Å². The molecule has 0 aromatic heterocycles. The van der Waals surface area contributed by atoms with Crippen LogP contribution < -0.4 is 15.4 Å². The van der Waals surface area contributed by atoms with Crippen LogP contribution in [0.15, 0.2) is 24.3 Å². The normalized spacial score (nSPS) is 22.0. The van der Waals surface area contributed by atoms with E-state index in [0.717, 1.165) is 0 Å². The fraction of sp³-hybridized carbons (Fsp3) is 0.500. The van der Waals surface area contributed by atoms with E-state index in [1.54, 1.807) is 25.1 Å². The van der Waals surface area contributed by atoms with Gasteiger partial charge in [-0.2, -0.15) is 8.78 Å². The van der Waals surface area contributed by atoms with Crippen LogP contribution in [0.1, 0.15) is 24.9 Å². The van der Waals surface area contributed by atoms with Gasteiger partial charge in [0.1, 0.15) is 5.75 Å². The molecule has 1 amide bonds. The number of amides is 1. The Balaban J connectivity index is 0.00000242. The van der Waals surface area contributed by atoms with Crippen LogP contribution in [-0.2, 0) is 4.79 Å². The lowest BCUT2D eigenvalue weighted by Gasteiger charge is -2.20. The van der Waals surface area contributed by atoms with Crippen molar-refractivity contribution in [3.8, 4) is 5.75 Å². The van der Waals surface area contributed by atoms with E-state index in [0.29, 0.717) is 18.5 Å². The van der Waals surface area contributed by atoms with Crippen molar-refractivity contribution in [2.24, 2.45) is 0 Å². The van der Waals surface area contributed by atoms with E-state index in [1.165, 1.54) is 6.07 Å². The van der Waals surface area contributed by atoms with Crippen LogP contribution in [-0.4, -0.2) is 36.3 Å². The van der Waals surface area contributed by atoms with Gasteiger partial charge in [-0.15, -0.1) is 12.4 Å². The van der Waals surface area contributed by atoms with Gasteiger partial charge >= 0.3 is 6.61 Å². The van der Waals surface area contributed by atoms with E-state index in [4.69, 9.17) is 0 Å². The van der Waals surface area contributed by atoms with Gasteiger partial charge in [-0.05, 0) is 19.4 Å². The third-order valence-electron chi connectivity index (χ3n) is 3.38. The number of carbonyl (C=O) groups excluding carboxylic acids is 1. The number of rotatable bonds is 5. The number of benzene rings is 1. The lowest BCUT2D eigenvalue weighted by molar-refractivity contribution is -0.123. The average molecular weight is 337 g/mol. The van der Waals surface area contributed by atoms with Crippen molar-refractivity contribution >= 4 is 18.3 Å². The quantitative estimate of drug-likeness (QED) is 0.764. The summed E-state index contributed by atoms with van der Waals surface area (Å²) in [6.07, 6.45) is -0.196. The molecule has 1 aliphatic heterocycles. The van der Waals surface area contributed by atoms with Gasteiger partial charge < -0.3 is 20.5 Å². The van der Waals surface area contributed by atoms with E-state index in [2.05, 4.69) is 15.4 Å². The van der Waals surface area contributed by atoms with Crippen molar-refractivity contribution in [2.45, 2.75) is 38.1 Å². The summed E-state index contributed by atoms with van der Waals surface area (Å²) in [6.45, 7) is -0.852. The van der Waals surface area contributed by atoms with Crippen LogP contribution in [0.2, 0.25) is 0 Å². The van der Waals surface area contributed by atoms with Crippen LogP contribution in [0.4, 0.5) is 8.78 Å². The number of β-amino-alcohol motifs (C(OH)–C–C–N with tert-alkyl or cyclic N) is 1. The summed E-state index contributed by atoms with van der Waals surface area (Å²) < 4.78 is 29.2. The molecule has 1 aliphatic rings. The van der Waals surface area contributed by atoms with Crippen molar-refractivity contribution in [3.63, 3.8) is 0 Å². The van der Waals surface area contributed by atoms with Crippen LogP contribution in [0.5, 0.6) is 5.75 Å². The van der Waals surface area contributed by atoms with Crippen molar-refractivity contribution in [1.29, 1.82) is 0 Å². The number of alkyl halides is 2. The number of aliphatic hydroxyl groups excluding tert-OH is 1. The molecule has 1 aromatic rings. The molecule has 22 heavy (non-hydrogen) atoms. The molecule has 1 saturated heterocycles. The summed E-state index contributed by atoms with van der Waals surface area (Å²) in [5, 5.41) is 15.0. The van der Waals surface area contributed by atoms with Gasteiger partial charge in [0.2, 0.25) is 5.91 Å². The molecule has 8 heteroatoms. The van der Waals surface area contributed by atoms with Crippen LogP contribution >= 0.6 is 12.4 Å². The van der Waals surface area contributed by atoms with Gasteiger partial charge in [-0.3, -0.25) is 4.79 Å². The molecule has 0 bridgehead atoms. The maximum atomic E-state index is 12.4.